The summed E-state index contributed by atoms with van der Waals surface area (Å²) in [5.41, 5.74) is 8.92. The fourth-order valence-electron chi connectivity index (χ4n) is 1.69. The van der Waals surface area contributed by atoms with E-state index in [9.17, 15) is 0 Å². The van der Waals surface area contributed by atoms with Gasteiger partial charge < -0.3 is 10.5 Å². The first-order valence-electron chi connectivity index (χ1n) is 5.29. The Bertz CT molecular complexity index is 337. The highest BCUT2D eigenvalue weighted by atomic mass is 16.5. The van der Waals surface area contributed by atoms with Crippen molar-refractivity contribution in [1.82, 2.24) is 4.98 Å². The van der Waals surface area contributed by atoms with E-state index in [4.69, 9.17) is 10.5 Å². The van der Waals surface area contributed by atoms with Crippen LogP contribution < -0.4 is 10.5 Å². The van der Waals surface area contributed by atoms with E-state index in [0.717, 1.165) is 29.0 Å². The second kappa shape index (κ2) is 5.12. The molecule has 0 saturated carbocycles. The number of aromatic nitrogens is 1. The van der Waals surface area contributed by atoms with Crippen LogP contribution in [0.15, 0.2) is 6.20 Å². The van der Waals surface area contributed by atoms with Crippen molar-refractivity contribution >= 4 is 0 Å². The van der Waals surface area contributed by atoms with Gasteiger partial charge >= 0.3 is 0 Å². The Hall–Kier alpha value is -1.09. The number of rotatable bonds is 4. The maximum Gasteiger partial charge on any atom is 0.128 e. The van der Waals surface area contributed by atoms with Gasteiger partial charge in [-0.25, -0.2) is 0 Å². The minimum Gasteiger partial charge on any atom is -0.496 e. The zero-order valence-corrected chi connectivity index (χ0v) is 10.0. The summed E-state index contributed by atoms with van der Waals surface area (Å²) in [6, 6.07) is 0. The van der Waals surface area contributed by atoms with Gasteiger partial charge in [0.2, 0.25) is 0 Å². The van der Waals surface area contributed by atoms with Crippen LogP contribution in [0.1, 0.15) is 23.7 Å². The number of hydrogen-bond donors (Lipinski definition) is 1. The maximum atomic E-state index is 5.61. The number of nitrogens with two attached hydrogens (primary N) is 1. The van der Waals surface area contributed by atoms with E-state index in [2.05, 4.69) is 18.8 Å². The van der Waals surface area contributed by atoms with E-state index < -0.39 is 0 Å². The highest BCUT2D eigenvalue weighted by molar-refractivity contribution is 5.41. The first-order valence-corrected chi connectivity index (χ1v) is 5.29. The molecule has 0 aliphatic heterocycles. The third-order valence-electron chi connectivity index (χ3n) is 2.69. The topological polar surface area (TPSA) is 48.1 Å². The fourth-order valence-corrected chi connectivity index (χ4v) is 1.69. The van der Waals surface area contributed by atoms with Gasteiger partial charge in [-0.1, -0.05) is 6.92 Å². The van der Waals surface area contributed by atoms with Crippen LogP contribution in [0.2, 0.25) is 0 Å². The number of methoxy groups -OCH3 is 1. The molecule has 2 N–H and O–H groups in total. The molecule has 1 heterocycles. The van der Waals surface area contributed by atoms with Gasteiger partial charge in [0, 0.05) is 23.0 Å². The van der Waals surface area contributed by atoms with Crippen LogP contribution in [-0.2, 0) is 6.42 Å². The lowest BCUT2D eigenvalue weighted by Gasteiger charge is -2.14. The number of nitrogens with zero attached hydrogens (tertiary/aromatic N) is 1. The van der Waals surface area contributed by atoms with E-state index in [0.29, 0.717) is 12.5 Å². The monoisotopic (exact) mass is 208 g/mol. The van der Waals surface area contributed by atoms with Gasteiger partial charge in [0.1, 0.15) is 5.75 Å². The molecule has 1 aromatic heterocycles. The Morgan fingerprint density at radius 3 is 2.67 bits per heavy atom. The molecule has 0 aromatic carbocycles. The number of aryl methyl sites for hydroxylation is 1. The summed E-state index contributed by atoms with van der Waals surface area (Å²) < 4.78 is 5.36. The predicted octanol–water partition coefficient (Wildman–Crippen LogP) is 1.84. The second-order valence-corrected chi connectivity index (χ2v) is 4.09. The van der Waals surface area contributed by atoms with Crippen molar-refractivity contribution in [1.29, 1.82) is 0 Å². The molecule has 0 aliphatic carbocycles. The van der Waals surface area contributed by atoms with E-state index in [-0.39, 0.29) is 0 Å². The van der Waals surface area contributed by atoms with Crippen molar-refractivity contribution in [3.63, 3.8) is 0 Å². The van der Waals surface area contributed by atoms with Crippen molar-refractivity contribution < 1.29 is 4.74 Å². The summed E-state index contributed by atoms with van der Waals surface area (Å²) in [5.74, 6) is 1.41. The smallest absolute Gasteiger partial charge is 0.128 e. The molecule has 3 heteroatoms. The molecule has 1 unspecified atom stereocenters. The standard InChI is InChI=1S/C12H20N2O/c1-8(6-13)5-11-10(3)12(15-4)9(2)7-14-11/h7-8H,5-6,13H2,1-4H3. The average molecular weight is 208 g/mol. The molecule has 0 fully saturated rings. The van der Waals surface area contributed by atoms with Gasteiger partial charge in [0.05, 0.1) is 7.11 Å². The van der Waals surface area contributed by atoms with E-state index in [1.807, 2.05) is 13.1 Å². The van der Waals surface area contributed by atoms with E-state index >= 15 is 0 Å². The number of pyridine rings is 1. The lowest BCUT2D eigenvalue weighted by Crippen LogP contribution is -2.15. The van der Waals surface area contributed by atoms with Gasteiger partial charge in [0.15, 0.2) is 0 Å². The molecule has 0 amide bonds. The highest BCUT2D eigenvalue weighted by Gasteiger charge is 2.11. The van der Waals surface area contributed by atoms with Crippen molar-refractivity contribution in [3.05, 3.63) is 23.0 Å². The van der Waals surface area contributed by atoms with Crippen molar-refractivity contribution in [3.8, 4) is 5.75 Å². The third-order valence-corrected chi connectivity index (χ3v) is 2.69. The Labute approximate surface area is 91.7 Å². The fraction of sp³-hybridized carbons (Fsp3) is 0.583. The lowest BCUT2D eigenvalue weighted by atomic mass is 10.0. The summed E-state index contributed by atoms with van der Waals surface area (Å²) >= 11 is 0. The van der Waals surface area contributed by atoms with Crippen molar-refractivity contribution in [2.24, 2.45) is 11.7 Å². The summed E-state index contributed by atoms with van der Waals surface area (Å²) in [5, 5.41) is 0. The SMILES string of the molecule is COc1c(C)cnc(CC(C)CN)c1C. The highest BCUT2D eigenvalue weighted by Crippen LogP contribution is 2.25. The molecule has 0 spiro atoms. The number of hydrogen-bond acceptors (Lipinski definition) is 3. The third kappa shape index (κ3) is 2.69. The Morgan fingerprint density at radius 2 is 2.13 bits per heavy atom. The first kappa shape index (κ1) is 12.0. The maximum absolute atomic E-state index is 5.61. The predicted molar refractivity (Wildman–Crippen MR) is 62.2 cm³/mol. The second-order valence-electron chi connectivity index (χ2n) is 4.09. The molecule has 0 radical (unpaired) electrons. The molecule has 0 saturated heterocycles. The molecule has 3 nitrogen and oxygen atoms in total. The zero-order chi connectivity index (χ0) is 11.4. The average Bonchev–Trinajstić information content (AvgIpc) is 2.23. The molecule has 84 valence electrons. The summed E-state index contributed by atoms with van der Waals surface area (Å²) in [6.07, 6.45) is 2.78. The molecule has 15 heavy (non-hydrogen) atoms. The van der Waals surface area contributed by atoms with Gasteiger partial charge in [-0.3, -0.25) is 4.98 Å². The molecule has 1 rings (SSSR count). The van der Waals surface area contributed by atoms with Crippen molar-refractivity contribution in [2.75, 3.05) is 13.7 Å². The molecular formula is C12H20N2O. The van der Waals surface area contributed by atoms with Crippen LogP contribution in [0.3, 0.4) is 0 Å². The minimum atomic E-state index is 0.462. The summed E-state index contributed by atoms with van der Waals surface area (Å²) in [6.45, 7) is 6.89. The quantitative estimate of drug-likeness (QED) is 0.821. The largest absolute Gasteiger partial charge is 0.496 e. The van der Waals surface area contributed by atoms with Crippen LogP contribution in [0, 0.1) is 19.8 Å². The van der Waals surface area contributed by atoms with Crippen molar-refractivity contribution in [2.45, 2.75) is 27.2 Å². The summed E-state index contributed by atoms with van der Waals surface area (Å²) in [7, 11) is 1.70. The molecule has 0 bridgehead atoms. The van der Waals surface area contributed by atoms with E-state index in [1.165, 1.54) is 0 Å². The van der Waals surface area contributed by atoms with Gasteiger partial charge in [-0.15, -0.1) is 0 Å². The lowest BCUT2D eigenvalue weighted by molar-refractivity contribution is 0.406. The van der Waals surface area contributed by atoms with Crippen LogP contribution >= 0.6 is 0 Å². The van der Waals surface area contributed by atoms with E-state index in [1.54, 1.807) is 7.11 Å². The number of ether oxygens (including phenoxy) is 1. The van der Waals surface area contributed by atoms with Crippen LogP contribution in [0.5, 0.6) is 5.75 Å². The van der Waals surface area contributed by atoms with Gasteiger partial charge in [-0.2, -0.15) is 0 Å². The van der Waals surface area contributed by atoms with Crippen LogP contribution in [-0.4, -0.2) is 18.6 Å². The van der Waals surface area contributed by atoms with Gasteiger partial charge in [-0.05, 0) is 32.7 Å². The molecular weight excluding hydrogens is 188 g/mol. The first-order chi connectivity index (χ1) is 7.10. The Kier molecular flexibility index (Phi) is 4.09. The Morgan fingerprint density at radius 1 is 1.47 bits per heavy atom. The zero-order valence-electron chi connectivity index (χ0n) is 10.0. The molecule has 1 aromatic rings. The van der Waals surface area contributed by atoms with Crippen LogP contribution in [0.25, 0.3) is 0 Å². The van der Waals surface area contributed by atoms with Gasteiger partial charge in [0.25, 0.3) is 0 Å². The normalized spacial score (nSPS) is 12.6. The Balaban J connectivity index is 2.99. The molecule has 0 aliphatic rings. The minimum absolute atomic E-state index is 0.462. The molecule has 1 atom stereocenters. The summed E-state index contributed by atoms with van der Waals surface area (Å²) in [4.78, 5) is 4.44. The van der Waals surface area contributed by atoms with Crippen LogP contribution in [0.4, 0.5) is 0 Å².